The van der Waals surface area contributed by atoms with Gasteiger partial charge in [-0.05, 0) is 25.0 Å². The number of phenols is 1. The van der Waals surface area contributed by atoms with Crippen LogP contribution in [-0.2, 0) is 6.42 Å². The number of aryl methyl sites for hydroxylation is 1. The van der Waals surface area contributed by atoms with Gasteiger partial charge in [0.1, 0.15) is 5.75 Å². The molecule has 0 bridgehead atoms. The predicted octanol–water partition coefficient (Wildman–Crippen LogP) is 1.85. The zero-order valence-corrected chi connectivity index (χ0v) is 6.89. The second-order valence-electron chi connectivity index (χ2n) is 2.64. The summed E-state index contributed by atoms with van der Waals surface area (Å²) in [4.78, 5) is 0. The molecule has 0 aliphatic heterocycles. The summed E-state index contributed by atoms with van der Waals surface area (Å²) < 4.78 is 0. The Morgan fingerprint density at radius 1 is 1.45 bits per heavy atom. The molecular weight excluding hydrogens is 138 g/mol. The first-order chi connectivity index (χ1) is 5.16. The van der Waals surface area contributed by atoms with Gasteiger partial charge in [-0.25, -0.2) is 0 Å². The molecule has 0 heterocycles. The van der Waals surface area contributed by atoms with Crippen molar-refractivity contribution >= 4 is 5.69 Å². The minimum absolute atomic E-state index is 0.278. The molecule has 0 aliphatic carbocycles. The van der Waals surface area contributed by atoms with Crippen molar-refractivity contribution in [2.24, 2.45) is 0 Å². The Balaban J connectivity index is 3.25. The van der Waals surface area contributed by atoms with Crippen LogP contribution >= 0.6 is 0 Å². The van der Waals surface area contributed by atoms with Crippen LogP contribution in [0.5, 0.6) is 5.75 Å². The topological polar surface area (TPSA) is 46.2 Å². The first kappa shape index (κ1) is 7.92. The van der Waals surface area contributed by atoms with Crippen LogP contribution in [0.2, 0.25) is 0 Å². The Morgan fingerprint density at radius 2 is 2.09 bits per heavy atom. The lowest BCUT2D eigenvalue weighted by molar-refractivity contribution is 0.471. The lowest BCUT2D eigenvalue weighted by atomic mass is 10.1. The van der Waals surface area contributed by atoms with Crippen LogP contribution in [0.1, 0.15) is 18.1 Å². The molecule has 0 atom stereocenters. The van der Waals surface area contributed by atoms with Gasteiger partial charge in [-0.15, -0.1) is 0 Å². The molecule has 1 aromatic carbocycles. The Hall–Kier alpha value is -1.18. The molecule has 0 saturated carbocycles. The van der Waals surface area contributed by atoms with Crippen LogP contribution in [0.15, 0.2) is 12.1 Å². The van der Waals surface area contributed by atoms with Gasteiger partial charge in [-0.3, -0.25) is 0 Å². The molecule has 2 nitrogen and oxygen atoms in total. The fourth-order valence-electron chi connectivity index (χ4n) is 1.08. The van der Waals surface area contributed by atoms with Gasteiger partial charge in [0.25, 0.3) is 0 Å². The molecule has 0 aromatic heterocycles. The van der Waals surface area contributed by atoms with E-state index in [0.717, 1.165) is 17.5 Å². The maximum atomic E-state index is 9.24. The molecule has 3 N–H and O–H groups in total. The molecule has 0 fully saturated rings. The third-order valence-electron chi connectivity index (χ3n) is 1.96. The highest BCUT2D eigenvalue weighted by molar-refractivity contribution is 5.58. The normalized spacial score (nSPS) is 10.0. The summed E-state index contributed by atoms with van der Waals surface area (Å²) in [5.74, 6) is 0.278. The molecule has 0 aliphatic rings. The van der Waals surface area contributed by atoms with Gasteiger partial charge in [0.05, 0.1) is 0 Å². The van der Waals surface area contributed by atoms with Gasteiger partial charge < -0.3 is 10.8 Å². The summed E-state index contributed by atoms with van der Waals surface area (Å²) in [6.45, 7) is 3.87. The van der Waals surface area contributed by atoms with Gasteiger partial charge in [-0.1, -0.05) is 13.0 Å². The lowest BCUT2D eigenvalue weighted by Crippen LogP contribution is -1.95. The highest BCUT2D eigenvalue weighted by Gasteiger charge is 2.03. The summed E-state index contributed by atoms with van der Waals surface area (Å²) in [7, 11) is 0. The van der Waals surface area contributed by atoms with E-state index in [1.54, 1.807) is 6.07 Å². The highest BCUT2D eigenvalue weighted by atomic mass is 16.3. The average Bonchev–Trinajstić information content (AvgIpc) is 2.01. The third kappa shape index (κ3) is 1.29. The molecule has 60 valence electrons. The number of nitrogens with two attached hydrogens (primary N) is 1. The number of hydrogen-bond acceptors (Lipinski definition) is 2. The Morgan fingerprint density at radius 3 is 2.64 bits per heavy atom. The van der Waals surface area contributed by atoms with Gasteiger partial charge >= 0.3 is 0 Å². The maximum Gasteiger partial charge on any atom is 0.120 e. The number of benzene rings is 1. The van der Waals surface area contributed by atoms with E-state index in [1.165, 1.54) is 0 Å². The second kappa shape index (κ2) is 2.82. The largest absolute Gasteiger partial charge is 0.508 e. The molecule has 0 radical (unpaired) electrons. The summed E-state index contributed by atoms with van der Waals surface area (Å²) >= 11 is 0. The van der Waals surface area contributed by atoms with Gasteiger partial charge in [0, 0.05) is 11.3 Å². The standard InChI is InChI=1S/C9H13NO/c1-3-7-4-5-8(11)6(2)9(7)10/h4-5,11H,3,10H2,1-2H3. The summed E-state index contributed by atoms with van der Waals surface area (Å²) in [6, 6.07) is 3.54. The van der Waals surface area contributed by atoms with E-state index in [9.17, 15) is 5.11 Å². The van der Waals surface area contributed by atoms with Crippen LogP contribution in [0.25, 0.3) is 0 Å². The van der Waals surface area contributed by atoms with Gasteiger partial charge in [0.2, 0.25) is 0 Å². The van der Waals surface area contributed by atoms with Crippen LogP contribution in [0.3, 0.4) is 0 Å². The van der Waals surface area contributed by atoms with E-state index in [2.05, 4.69) is 0 Å². The zero-order chi connectivity index (χ0) is 8.43. The van der Waals surface area contributed by atoms with Crippen LogP contribution in [-0.4, -0.2) is 5.11 Å². The summed E-state index contributed by atoms with van der Waals surface area (Å²) in [5.41, 5.74) is 8.33. The first-order valence-electron chi connectivity index (χ1n) is 3.73. The molecule has 2 heteroatoms. The number of aromatic hydroxyl groups is 1. The average molecular weight is 151 g/mol. The van der Waals surface area contributed by atoms with Crippen molar-refractivity contribution in [3.8, 4) is 5.75 Å². The molecule has 1 rings (SSSR count). The fourth-order valence-corrected chi connectivity index (χ4v) is 1.08. The van der Waals surface area contributed by atoms with Crippen molar-refractivity contribution in [1.82, 2.24) is 0 Å². The van der Waals surface area contributed by atoms with Crippen LogP contribution < -0.4 is 5.73 Å². The number of hydrogen-bond donors (Lipinski definition) is 2. The van der Waals surface area contributed by atoms with E-state index >= 15 is 0 Å². The monoisotopic (exact) mass is 151 g/mol. The van der Waals surface area contributed by atoms with Crippen molar-refractivity contribution in [2.45, 2.75) is 20.3 Å². The minimum Gasteiger partial charge on any atom is -0.508 e. The molecule has 1 aromatic rings. The Bertz CT molecular complexity index is 269. The molecular formula is C9H13NO. The van der Waals surface area contributed by atoms with Gasteiger partial charge in [-0.2, -0.15) is 0 Å². The van der Waals surface area contributed by atoms with Crippen molar-refractivity contribution < 1.29 is 5.11 Å². The highest BCUT2D eigenvalue weighted by Crippen LogP contribution is 2.25. The number of rotatable bonds is 1. The summed E-state index contributed by atoms with van der Waals surface area (Å²) in [5, 5.41) is 9.24. The predicted molar refractivity (Wildman–Crippen MR) is 46.6 cm³/mol. The summed E-state index contributed by atoms with van der Waals surface area (Å²) in [6.07, 6.45) is 0.910. The number of anilines is 1. The van der Waals surface area contributed by atoms with Crippen molar-refractivity contribution in [3.63, 3.8) is 0 Å². The van der Waals surface area contributed by atoms with E-state index < -0.39 is 0 Å². The molecule has 0 spiro atoms. The first-order valence-corrected chi connectivity index (χ1v) is 3.73. The lowest BCUT2D eigenvalue weighted by Gasteiger charge is -2.07. The third-order valence-corrected chi connectivity index (χ3v) is 1.96. The van der Waals surface area contributed by atoms with Crippen molar-refractivity contribution in [3.05, 3.63) is 23.3 Å². The minimum atomic E-state index is 0.278. The second-order valence-corrected chi connectivity index (χ2v) is 2.64. The van der Waals surface area contributed by atoms with Gasteiger partial charge in [0.15, 0.2) is 0 Å². The van der Waals surface area contributed by atoms with E-state index in [4.69, 9.17) is 5.73 Å². The van der Waals surface area contributed by atoms with E-state index in [-0.39, 0.29) is 5.75 Å². The Kier molecular flexibility index (Phi) is 2.03. The quantitative estimate of drug-likeness (QED) is 0.601. The Labute approximate surface area is 66.7 Å². The molecule has 11 heavy (non-hydrogen) atoms. The van der Waals surface area contributed by atoms with Crippen LogP contribution in [0.4, 0.5) is 5.69 Å². The molecule has 0 saturated heterocycles. The molecule has 0 amide bonds. The zero-order valence-electron chi connectivity index (χ0n) is 6.89. The van der Waals surface area contributed by atoms with Crippen molar-refractivity contribution in [1.29, 1.82) is 0 Å². The van der Waals surface area contributed by atoms with Crippen molar-refractivity contribution in [2.75, 3.05) is 5.73 Å². The van der Waals surface area contributed by atoms with E-state index in [0.29, 0.717) is 5.69 Å². The maximum absolute atomic E-state index is 9.24. The smallest absolute Gasteiger partial charge is 0.120 e. The number of nitrogen functional groups attached to an aromatic ring is 1. The van der Waals surface area contributed by atoms with E-state index in [1.807, 2.05) is 19.9 Å². The number of phenolic OH excluding ortho intramolecular Hbond substituents is 1. The van der Waals surface area contributed by atoms with Crippen LogP contribution in [0, 0.1) is 6.92 Å². The fraction of sp³-hybridized carbons (Fsp3) is 0.333. The SMILES string of the molecule is CCc1ccc(O)c(C)c1N. The molecule has 0 unspecified atom stereocenters.